The van der Waals surface area contributed by atoms with Gasteiger partial charge < -0.3 is 10.6 Å². The number of nitrogens with two attached hydrogens (primary N) is 1. The van der Waals surface area contributed by atoms with Crippen LogP contribution in [-0.4, -0.2) is 13.1 Å². The maximum atomic E-state index is 6.07. The molecule has 0 radical (unpaired) electrons. The average molecular weight is 238 g/mol. The highest BCUT2D eigenvalue weighted by atomic mass is 15.2. The summed E-state index contributed by atoms with van der Waals surface area (Å²) in [5, 5.41) is 0. The highest BCUT2D eigenvalue weighted by Crippen LogP contribution is 2.36. The number of hydrogen-bond donors (Lipinski definition) is 1. The first-order valence-corrected chi connectivity index (χ1v) is 6.40. The van der Waals surface area contributed by atoms with E-state index < -0.39 is 0 Å². The first-order chi connectivity index (χ1) is 8.75. The van der Waals surface area contributed by atoms with E-state index in [4.69, 9.17) is 5.73 Å². The van der Waals surface area contributed by atoms with Gasteiger partial charge in [-0.05, 0) is 24.1 Å². The van der Waals surface area contributed by atoms with Crippen molar-refractivity contribution < 1.29 is 0 Å². The van der Waals surface area contributed by atoms with Crippen molar-refractivity contribution in [2.45, 2.75) is 12.8 Å². The third-order valence-corrected chi connectivity index (χ3v) is 3.74. The average Bonchev–Trinajstić information content (AvgIpc) is 2.32. The molecule has 1 fully saturated rings. The molecule has 2 aromatic carbocycles. The van der Waals surface area contributed by atoms with Crippen LogP contribution in [0.25, 0.3) is 0 Å². The van der Waals surface area contributed by atoms with Gasteiger partial charge in [-0.3, -0.25) is 0 Å². The van der Waals surface area contributed by atoms with Crippen molar-refractivity contribution >= 4 is 11.4 Å². The fraction of sp³-hybridized carbons (Fsp3) is 0.250. The SMILES string of the molecule is Cc1cccc(N)c1N1CC(c2ccccc2)C1. The standard InChI is InChI=1S/C16H18N2/c1-12-6-5-9-15(17)16(12)18-10-14(11-18)13-7-3-2-4-8-13/h2-9,14H,10-11,17H2,1H3. The zero-order valence-electron chi connectivity index (χ0n) is 10.6. The number of hydrogen-bond acceptors (Lipinski definition) is 2. The summed E-state index contributed by atoms with van der Waals surface area (Å²) in [5.41, 5.74) is 10.9. The highest BCUT2D eigenvalue weighted by molar-refractivity contribution is 5.72. The van der Waals surface area contributed by atoms with E-state index in [1.165, 1.54) is 16.8 Å². The maximum absolute atomic E-state index is 6.07. The summed E-state index contributed by atoms with van der Waals surface area (Å²) < 4.78 is 0. The van der Waals surface area contributed by atoms with Gasteiger partial charge in [0.2, 0.25) is 0 Å². The number of benzene rings is 2. The Hall–Kier alpha value is -1.96. The molecule has 18 heavy (non-hydrogen) atoms. The fourth-order valence-electron chi connectivity index (χ4n) is 2.71. The maximum Gasteiger partial charge on any atom is 0.0630 e. The Labute approximate surface area is 108 Å². The Kier molecular flexibility index (Phi) is 2.71. The zero-order chi connectivity index (χ0) is 12.5. The molecule has 0 spiro atoms. The quantitative estimate of drug-likeness (QED) is 0.814. The van der Waals surface area contributed by atoms with E-state index in [9.17, 15) is 0 Å². The van der Waals surface area contributed by atoms with Crippen molar-refractivity contribution in [1.82, 2.24) is 0 Å². The molecule has 2 N–H and O–H groups in total. The third kappa shape index (κ3) is 1.84. The molecule has 1 heterocycles. The minimum atomic E-state index is 0.644. The van der Waals surface area contributed by atoms with Crippen molar-refractivity contribution in [3.8, 4) is 0 Å². The van der Waals surface area contributed by atoms with E-state index in [1.54, 1.807) is 0 Å². The summed E-state index contributed by atoms with van der Waals surface area (Å²) in [6, 6.07) is 16.8. The van der Waals surface area contributed by atoms with Gasteiger partial charge in [-0.15, -0.1) is 0 Å². The van der Waals surface area contributed by atoms with Crippen LogP contribution in [0.3, 0.4) is 0 Å². The number of nitrogen functional groups attached to an aromatic ring is 1. The molecule has 92 valence electrons. The number of anilines is 2. The number of rotatable bonds is 2. The normalized spacial score (nSPS) is 15.5. The van der Waals surface area contributed by atoms with Crippen LogP contribution in [-0.2, 0) is 0 Å². The van der Waals surface area contributed by atoms with Crippen LogP contribution >= 0.6 is 0 Å². The van der Waals surface area contributed by atoms with E-state index in [2.05, 4.69) is 48.2 Å². The molecule has 0 unspecified atom stereocenters. The van der Waals surface area contributed by atoms with Crippen LogP contribution < -0.4 is 10.6 Å². The van der Waals surface area contributed by atoms with Crippen molar-refractivity contribution in [2.24, 2.45) is 0 Å². The van der Waals surface area contributed by atoms with Crippen molar-refractivity contribution in [1.29, 1.82) is 0 Å². The van der Waals surface area contributed by atoms with Gasteiger partial charge in [-0.25, -0.2) is 0 Å². The second kappa shape index (κ2) is 4.37. The summed E-state index contributed by atoms with van der Waals surface area (Å²) in [6.45, 7) is 4.26. The summed E-state index contributed by atoms with van der Waals surface area (Å²) in [7, 11) is 0. The first-order valence-electron chi connectivity index (χ1n) is 6.40. The van der Waals surface area contributed by atoms with Crippen LogP contribution in [0.1, 0.15) is 17.0 Å². The lowest BCUT2D eigenvalue weighted by atomic mass is 9.90. The molecular weight excluding hydrogens is 220 g/mol. The Morgan fingerprint density at radius 3 is 2.39 bits per heavy atom. The number of para-hydroxylation sites is 1. The topological polar surface area (TPSA) is 29.3 Å². The van der Waals surface area contributed by atoms with Crippen molar-refractivity contribution in [3.63, 3.8) is 0 Å². The van der Waals surface area contributed by atoms with Crippen LogP contribution in [0.2, 0.25) is 0 Å². The van der Waals surface area contributed by atoms with Gasteiger partial charge in [0.15, 0.2) is 0 Å². The minimum absolute atomic E-state index is 0.644. The second-order valence-electron chi connectivity index (χ2n) is 5.03. The third-order valence-electron chi connectivity index (χ3n) is 3.74. The van der Waals surface area contributed by atoms with Gasteiger partial charge in [-0.2, -0.15) is 0 Å². The van der Waals surface area contributed by atoms with Crippen molar-refractivity contribution in [2.75, 3.05) is 23.7 Å². The highest BCUT2D eigenvalue weighted by Gasteiger charge is 2.29. The molecule has 2 heteroatoms. The number of aryl methyl sites for hydroxylation is 1. The molecule has 2 aromatic rings. The molecule has 1 aliphatic rings. The van der Waals surface area contributed by atoms with E-state index in [0.29, 0.717) is 5.92 Å². The molecule has 1 aliphatic heterocycles. The summed E-state index contributed by atoms with van der Waals surface area (Å²) in [5.74, 6) is 0.644. The second-order valence-corrected chi connectivity index (χ2v) is 5.03. The summed E-state index contributed by atoms with van der Waals surface area (Å²) in [6.07, 6.45) is 0. The molecule has 0 bridgehead atoms. The molecule has 0 saturated carbocycles. The van der Waals surface area contributed by atoms with E-state index >= 15 is 0 Å². The van der Waals surface area contributed by atoms with E-state index in [0.717, 1.165) is 18.8 Å². The molecule has 0 aromatic heterocycles. The smallest absolute Gasteiger partial charge is 0.0630 e. The van der Waals surface area contributed by atoms with Crippen LogP contribution in [0.4, 0.5) is 11.4 Å². The van der Waals surface area contributed by atoms with Crippen LogP contribution in [0, 0.1) is 6.92 Å². The largest absolute Gasteiger partial charge is 0.397 e. The van der Waals surface area contributed by atoms with Crippen molar-refractivity contribution in [3.05, 3.63) is 59.7 Å². The van der Waals surface area contributed by atoms with E-state index in [1.807, 2.05) is 12.1 Å². The van der Waals surface area contributed by atoms with Gasteiger partial charge in [0.25, 0.3) is 0 Å². The van der Waals surface area contributed by atoms with Gasteiger partial charge in [0.05, 0.1) is 11.4 Å². The van der Waals surface area contributed by atoms with Gasteiger partial charge in [0.1, 0.15) is 0 Å². The van der Waals surface area contributed by atoms with E-state index in [-0.39, 0.29) is 0 Å². The molecule has 2 nitrogen and oxygen atoms in total. The predicted octanol–water partition coefficient (Wildman–Crippen LogP) is 3.18. The molecule has 1 saturated heterocycles. The van der Waals surface area contributed by atoms with Gasteiger partial charge in [-0.1, -0.05) is 42.5 Å². The fourth-order valence-corrected chi connectivity index (χ4v) is 2.71. The summed E-state index contributed by atoms with van der Waals surface area (Å²) >= 11 is 0. The Bertz CT molecular complexity index is 522. The zero-order valence-corrected chi connectivity index (χ0v) is 10.6. The first kappa shape index (κ1) is 11.1. The summed E-state index contributed by atoms with van der Waals surface area (Å²) in [4.78, 5) is 2.38. The Balaban J connectivity index is 1.76. The lowest BCUT2D eigenvalue weighted by Crippen LogP contribution is -2.45. The Morgan fingerprint density at radius 2 is 1.72 bits per heavy atom. The van der Waals surface area contributed by atoms with Crippen LogP contribution in [0.5, 0.6) is 0 Å². The van der Waals surface area contributed by atoms with Gasteiger partial charge >= 0.3 is 0 Å². The Morgan fingerprint density at radius 1 is 1.00 bits per heavy atom. The molecule has 0 atom stereocenters. The van der Waals surface area contributed by atoms with Gasteiger partial charge in [0, 0.05) is 19.0 Å². The number of nitrogens with zero attached hydrogens (tertiary/aromatic N) is 1. The monoisotopic (exact) mass is 238 g/mol. The minimum Gasteiger partial charge on any atom is -0.397 e. The molecular formula is C16H18N2. The molecule has 3 rings (SSSR count). The molecule has 0 aliphatic carbocycles. The molecule has 0 amide bonds. The predicted molar refractivity (Wildman–Crippen MR) is 77.0 cm³/mol. The van der Waals surface area contributed by atoms with Crippen LogP contribution in [0.15, 0.2) is 48.5 Å². The lowest BCUT2D eigenvalue weighted by molar-refractivity contribution is 0.525. The lowest BCUT2D eigenvalue weighted by Gasteiger charge is -2.42.